The van der Waals surface area contributed by atoms with E-state index in [-0.39, 0.29) is 6.04 Å². The summed E-state index contributed by atoms with van der Waals surface area (Å²) in [5, 5.41) is 8.80. The van der Waals surface area contributed by atoms with Crippen LogP contribution in [0.2, 0.25) is 0 Å². The molecule has 0 saturated carbocycles. The van der Waals surface area contributed by atoms with Gasteiger partial charge < -0.3 is 9.73 Å². The minimum absolute atomic E-state index is 0.0655. The lowest BCUT2D eigenvalue weighted by atomic mass is 10.2. The first-order chi connectivity index (χ1) is 10.0. The largest absolute Gasteiger partial charge is 0.452 e. The van der Waals surface area contributed by atoms with Gasteiger partial charge in [-0.05, 0) is 54.9 Å². The van der Waals surface area contributed by atoms with Crippen molar-refractivity contribution in [2.45, 2.75) is 32.9 Å². The Balaban J connectivity index is 1.84. The van der Waals surface area contributed by atoms with Gasteiger partial charge in [0.05, 0.1) is 24.1 Å². The molecule has 0 radical (unpaired) electrons. The van der Waals surface area contributed by atoms with Crippen molar-refractivity contribution in [1.82, 2.24) is 14.8 Å². The first-order valence-electron chi connectivity index (χ1n) is 6.89. The number of nitrogens with zero attached hydrogens (tertiary/aromatic N) is 3. The second kappa shape index (κ2) is 5.52. The molecule has 0 aliphatic carbocycles. The second-order valence-electron chi connectivity index (χ2n) is 5.33. The Bertz CT molecular complexity index is 762. The van der Waals surface area contributed by atoms with Gasteiger partial charge >= 0.3 is 0 Å². The highest BCUT2D eigenvalue weighted by atomic mass is 79.9. The molecule has 0 aliphatic rings. The number of fused-ring (bicyclic) bond motifs is 1. The molecule has 0 aromatic carbocycles. The molecule has 3 aromatic heterocycles. The summed E-state index contributed by atoms with van der Waals surface area (Å²) in [5.41, 5.74) is 1.86. The summed E-state index contributed by atoms with van der Waals surface area (Å²) in [4.78, 5) is 4.51. The smallest absolute Gasteiger partial charge is 0.169 e. The maximum Gasteiger partial charge on any atom is 0.169 e. The number of pyridine rings is 1. The van der Waals surface area contributed by atoms with Crippen LogP contribution < -0.4 is 5.32 Å². The molecule has 21 heavy (non-hydrogen) atoms. The molecule has 1 unspecified atom stereocenters. The fourth-order valence-electron chi connectivity index (χ4n) is 2.28. The summed E-state index contributed by atoms with van der Waals surface area (Å²) in [6.45, 7) is 6.24. The quantitative estimate of drug-likeness (QED) is 0.751. The van der Waals surface area contributed by atoms with Gasteiger partial charge in [0.15, 0.2) is 10.3 Å². The van der Waals surface area contributed by atoms with E-state index in [1.807, 2.05) is 36.1 Å². The maximum absolute atomic E-state index is 5.56. The fourth-order valence-corrected chi connectivity index (χ4v) is 2.60. The third-order valence-corrected chi connectivity index (χ3v) is 3.75. The summed E-state index contributed by atoms with van der Waals surface area (Å²) < 4.78 is 8.21. The predicted octanol–water partition coefficient (Wildman–Crippen LogP) is 4.54. The lowest BCUT2D eigenvalue weighted by molar-refractivity contribution is 0.471. The summed E-state index contributed by atoms with van der Waals surface area (Å²) in [6.07, 6.45) is 3.68. The van der Waals surface area contributed by atoms with Gasteiger partial charge in [0.1, 0.15) is 5.76 Å². The average molecular weight is 349 g/mol. The number of nitrogens with one attached hydrogen (secondary N) is 1. The molecule has 1 N–H and O–H groups in total. The van der Waals surface area contributed by atoms with E-state index >= 15 is 0 Å². The molecule has 6 heteroatoms. The Morgan fingerprint density at radius 1 is 1.24 bits per heavy atom. The average Bonchev–Trinajstić information content (AvgIpc) is 3.04. The molecule has 0 spiro atoms. The molecule has 110 valence electrons. The molecule has 5 nitrogen and oxygen atoms in total. The Labute approximate surface area is 131 Å². The van der Waals surface area contributed by atoms with Gasteiger partial charge in [-0.3, -0.25) is 0 Å². The standard InChI is InChI=1S/C15H17BrN4O/c1-9(2)20-15-11(7-18-20)6-12(8-17-15)19-10(3)13-4-5-14(16)21-13/h4-10,19H,1-3H3. The lowest BCUT2D eigenvalue weighted by Crippen LogP contribution is -2.06. The second-order valence-corrected chi connectivity index (χ2v) is 6.11. The van der Waals surface area contributed by atoms with E-state index in [0.29, 0.717) is 6.04 Å². The van der Waals surface area contributed by atoms with Crippen molar-refractivity contribution in [2.75, 3.05) is 5.32 Å². The molecule has 0 bridgehead atoms. The molecule has 1 atom stereocenters. The van der Waals surface area contributed by atoms with Crippen molar-refractivity contribution < 1.29 is 4.42 Å². The molecule has 0 saturated heterocycles. The van der Waals surface area contributed by atoms with Crippen LogP contribution in [0.1, 0.15) is 38.6 Å². The van der Waals surface area contributed by atoms with E-state index < -0.39 is 0 Å². The number of hydrogen-bond donors (Lipinski definition) is 1. The van der Waals surface area contributed by atoms with Crippen LogP contribution in [-0.2, 0) is 0 Å². The summed E-state index contributed by atoms with van der Waals surface area (Å²) >= 11 is 3.32. The van der Waals surface area contributed by atoms with Crippen LogP contribution in [0.25, 0.3) is 11.0 Å². The van der Waals surface area contributed by atoms with Gasteiger partial charge in [-0.2, -0.15) is 5.10 Å². The Hall–Kier alpha value is -1.82. The fraction of sp³-hybridized carbons (Fsp3) is 0.333. The van der Waals surface area contributed by atoms with Crippen molar-refractivity contribution in [2.24, 2.45) is 0 Å². The van der Waals surface area contributed by atoms with Crippen LogP contribution in [-0.4, -0.2) is 14.8 Å². The van der Waals surface area contributed by atoms with Crippen molar-refractivity contribution in [3.05, 3.63) is 41.0 Å². The van der Waals surface area contributed by atoms with E-state index in [4.69, 9.17) is 4.42 Å². The monoisotopic (exact) mass is 348 g/mol. The molecular formula is C15H17BrN4O. The van der Waals surface area contributed by atoms with Crippen LogP contribution in [0.3, 0.4) is 0 Å². The van der Waals surface area contributed by atoms with Gasteiger partial charge in [-0.25, -0.2) is 9.67 Å². The molecule has 3 heterocycles. The number of furan rings is 1. The topological polar surface area (TPSA) is 55.9 Å². The van der Waals surface area contributed by atoms with Crippen molar-refractivity contribution in [1.29, 1.82) is 0 Å². The minimum Gasteiger partial charge on any atom is -0.452 e. The van der Waals surface area contributed by atoms with E-state index in [9.17, 15) is 0 Å². The number of hydrogen-bond acceptors (Lipinski definition) is 4. The Kier molecular flexibility index (Phi) is 3.71. The maximum atomic E-state index is 5.56. The minimum atomic E-state index is 0.0655. The summed E-state index contributed by atoms with van der Waals surface area (Å²) in [6, 6.07) is 6.26. The van der Waals surface area contributed by atoms with Crippen LogP contribution in [0.4, 0.5) is 5.69 Å². The molecular weight excluding hydrogens is 332 g/mol. The highest BCUT2D eigenvalue weighted by Gasteiger charge is 2.12. The van der Waals surface area contributed by atoms with E-state index in [1.54, 1.807) is 0 Å². The highest BCUT2D eigenvalue weighted by Crippen LogP contribution is 2.25. The predicted molar refractivity (Wildman–Crippen MR) is 86.4 cm³/mol. The first-order valence-corrected chi connectivity index (χ1v) is 7.69. The highest BCUT2D eigenvalue weighted by molar-refractivity contribution is 9.10. The van der Waals surface area contributed by atoms with Crippen molar-refractivity contribution in [3.63, 3.8) is 0 Å². The lowest BCUT2D eigenvalue weighted by Gasteiger charge is -2.13. The van der Waals surface area contributed by atoms with Crippen LogP contribution in [0.15, 0.2) is 39.7 Å². The summed E-state index contributed by atoms with van der Waals surface area (Å²) in [5.74, 6) is 0.875. The van der Waals surface area contributed by atoms with Crippen molar-refractivity contribution >= 4 is 32.7 Å². The molecule has 0 amide bonds. The number of anilines is 1. The first kappa shape index (κ1) is 14.1. The van der Waals surface area contributed by atoms with Crippen LogP contribution in [0.5, 0.6) is 0 Å². The molecule has 3 rings (SSSR count). The van der Waals surface area contributed by atoms with Gasteiger partial charge in [0, 0.05) is 11.4 Å². The zero-order chi connectivity index (χ0) is 15.0. The van der Waals surface area contributed by atoms with E-state index in [1.165, 1.54) is 0 Å². The van der Waals surface area contributed by atoms with Gasteiger partial charge in [-0.15, -0.1) is 0 Å². The van der Waals surface area contributed by atoms with E-state index in [2.05, 4.69) is 51.2 Å². The molecule has 3 aromatic rings. The van der Waals surface area contributed by atoms with Gasteiger partial charge in [0.25, 0.3) is 0 Å². The molecule has 0 aliphatic heterocycles. The zero-order valence-electron chi connectivity index (χ0n) is 12.2. The Morgan fingerprint density at radius 2 is 2.05 bits per heavy atom. The number of aromatic nitrogens is 3. The van der Waals surface area contributed by atoms with Crippen LogP contribution in [0, 0.1) is 0 Å². The third-order valence-electron chi connectivity index (χ3n) is 3.33. The number of halogens is 1. The summed E-state index contributed by atoms with van der Waals surface area (Å²) in [7, 11) is 0. The van der Waals surface area contributed by atoms with Crippen LogP contribution >= 0.6 is 15.9 Å². The normalized spacial score (nSPS) is 13.0. The molecule has 0 fully saturated rings. The number of rotatable bonds is 4. The van der Waals surface area contributed by atoms with Gasteiger partial charge in [0.2, 0.25) is 0 Å². The van der Waals surface area contributed by atoms with E-state index in [0.717, 1.165) is 27.2 Å². The van der Waals surface area contributed by atoms with Gasteiger partial charge in [-0.1, -0.05) is 0 Å². The third kappa shape index (κ3) is 2.81. The Morgan fingerprint density at radius 3 is 2.71 bits per heavy atom. The SMILES string of the molecule is CC(Nc1cnc2c(cnn2C(C)C)c1)c1ccc(Br)o1. The zero-order valence-corrected chi connectivity index (χ0v) is 13.8. The van der Waals surface area contributed by atoms with Crippen molar-refractivity contribution in [3.8, 4) is 0 Å².